The highest BCUT2D eigenvalue weighted by molar-refractivity contribution is 7.21. The average molecular weight is 438 g/mol. The molecule has 10 heteroatoms. The van der Waals surface area contributed by atoms with Gasteiger partial charge in [-0.15, -0.1) is 11.3 Å². The van der Waals surface area contributed by atoms with Gasteiger partial charge in [0.2, 0.25) is 5.95 Å². The van der Waals surface area contributed by atoms with Crippen LogP contribution in [-0.4, -0.2) is 42.2 Å². The van der Waals surface area contributed by atoms with Gasteiger partial charge in [0.25, 0.3) is 5.91 Å². The molecule has 0 radical (unpaired) electrons. The highest BCUT2D eigenvalue weighted by Gasteiger charge is 2.23. The SMILES string of the molecule is CNC(=O)c1sc2nc(N[C@H]3CCOC3)nc(-c3ccc(Cl)c(Cl)c3)c2c1N. The number of benzene rings is 1. The highest BCUT2D eigenvalue weighted by Crippen LogP contribution is 2.40. The molecule has 0 bridgehead atoms. The van der Waals surface area contributed by atoms with E-state index in [1.54, 1.807) is 19.2 Å². The van der Waals surface area contributed by atoms with Crippen molar-refractivity contribution in [2.75, 3.05) is 31.3 Å². The number of rotatable bonds is 4. The molecule has 3 heterocycles. The summed E-state index contributed by atoms with van der Waals surface area (Å²) in [5, 5.41) is 7.38. The topological polar surface area (TPSA) is 102 Å². The van der Waals surface area contributed by atoms with E-state index < -0.39 is 0 Å². The van der Waals surface area contributed by atoms with E-state index in [9.17, 15) is 4.79 Å². The molecular formula is C18H17Cl2N5O2S. The van der Waals surface area contributed by atoms with Gasteiger partial charge in [-0.25, -0.2) is 9.97 Å². The Balaban J connectivity index is 1.91. The van der Waals surface area contributed by atoms with Gasteiger partial charge in [-0.05, 0) is 18.6 Å². The summed E-state index contributed by atoms with van der Waals surface area (Å²) < 4.78 is 5.41. The Labute approximate surface area is 175 Å². The van der Waals surface area contributed by atoms with Gasteiger partial charge >= 0.3 is 0 Å². The number of nitrogens with zero attached hydrogens (tertiary/aromatic N) is 2. The number of ether oxygens (including phenoxy) is 1. The largest absolute Gasteiger partial charge is 0.397 e. The van der Waals surface area contributed by atoms with Crippen LogP contribution in [0.4, 0.5) is 11.6 Å². The van der Waals surface area contributed by atoms with Crippen molar-refractivity contribution in [2.45, 2.75) is 12.5 Å². The molecule has 1 aromatic carbocycles. The number of anilines is 2. The lowest BCUT2D eigenvalue weighted by molar-refractivity contribution is 0.0968. The number of thiophene rings is 1. The first-order valence-corrected chi connectivity index (χ1v) is 10.2. The van der Waals surface area contributed by atoms with Crippen LogP contribution in [0.5, 0.6) is 0 Å². The van der Waals surface area contributed by atoms with Crippen molar-refractivity contribution in [3.63, 3.8) is 0 Å². The molecule has 1 atom stereocenters. The number of hydrogen-bond acceptors (Lipinski definition) is 7. The minimum atomic E-state index is -0.265. The number of amides is 1. The van der Waals surface area contributed by atoms with Crippen molar-refractivity contribution in [3.05, 3.63) is 33.1 Å². The quantitative estimate of drug-likeness (QED) is 0.573. The van der Waals surface area contributed by atoms with Crippen LogP contribution in [0, 0.1) is 0 Å². The molecule has 1 aliphatic heterocycles. The minimum absolute atomic E-state index is 0.134. The average Bonchev–Trinajstić information content (AvgIpc) is 3.31. The maximum absolute atomic E-state index is 12.2. The van der Waals surface area contributed by atoms with Gasteiger partial charge in [-0.3, -0.25) is 4.79 Å². The van der Waals surface area contributed by atoms with Gasteiger partial charge in [0, 0.05) is 19.2 Å². The van der Waals surface area contributed by atoms with Crippen LogP contribution in [0.15, 0.2) is 18.2 Å². The lowest BCUT2D eigenvalue weighted by Gasteiger charge is -2.13. The molecule has 2 aromatic heterocycles. The van der Waals surface area contributed by atoms with Gasteiger partial charge in [0.1, 0.15) is 9.71 Å². The first kappa shape index (κ1) is 19.2. The fraction of sp³-hybridized carbons (Fsp3) is 0.278. The maximum atomic E-state index is 12.2. The third-order valence-corrected chi connectivity index (χ3v) is 6.31. The van der Waals surface area contributed by atoms with Gasteiger partial charge in [0.05, 0.1) is 39.5 Å². The summed E-state index contributed by atoms with van der Waals surface area (Å²) >= 11 is 13.5. The normalized spacial score (nSPS) is 16.5. The third-order valence-electron chi connectivity index (χ3n) is 4.48. The second kappa shape index (κ2) is 7.71. The summed E-state index contributed by atoms with van der Waals surface area (Å²) in [6.07, 6.45) is 0.875. The summed E-state index contributed by atoms with van der Waals surface area (Å²) in [7, 11) is 1.56. The van der Waals surface area contributed by atoms with Gasteiger partial charge in [-0.2, -0.15) is 0 Å². The smallest absolute Gasteiger partial charge is 0.263 e. The summed E-state index contributed by atoms with van der Waals surface area (Å²) in [6.45, 7) is 1.30. The van der Waals surface area contributed by atoms with E-state index in [4.69, 9.17) is 33.7 Å². The minimum Gasteiger partial charge on any atom is -0.397 e. The molecule has 1 saturated heterocycles. The monoisotopic (exact) mass is 437 g/mol. The van der Waals surface area contributed by atoms with Crippen molar-refractivity contribution in [1.82, 2.24) is 15.3 Å². The molecule has 0 spiro atoms. The van der Waals surface area contributed by atoms with Crippen molar-refractivity contribution < 1.29 is 9.53 Å². The molecule has 0 aliphatic carbocycles. The van der Waals surface area contributed by atoms with E-state index in [1.165, 1.54) is 11.3 Å². The van der Waals surface area contributed by atoms with Crippen LogP contribution < -0.4 is 16.4 Å². The Morgan fingerprint density at radius 1 is 1.32 bits per heavy atom. The van der Waals surface area contributed by atoms with Crippen LogP contribution in [0.1, 0.15) is 16.1 Å². The number of hydrogen-bond donors (Lipinski definition) is 3. The van der Waals surface area contributed by atoms with E-state index in [0.717, 1.165) is 12.0 Å². The Morgan fingerprint density at radius 2 is 2.14 bits per heavy atom. The summed E-state index contributed by atoms with van der Waals surface area (Å²) in [5.41, 5.74) is 7.98. The Hall–Kier alpha value is -2.13. The fourth-order valence-corrected chi connectivity index (χ4v) is 4.39. The van der Waals surface area contributed by atoms with Gasteiger partial charge in [0.15, 0.2) is 0 Å². The van der Waals surface area contributed by atoms with Crippen molar-refractivity contribution in [2.24, 2.45) is 0 Å². The molecular weight excluding hydrogens is 421 g/mol. The van der Waals surface area contributed by atoms with E-state index in [-0.39, 0.29) is 11.9 Å². The molecule has 1 amide bonds. The number of halogens is 2. The second-order valence-corrected chi connectivity index (χ2v) is 8.15. The number of carbonyl (C=O) groups is 1. The highest BCUT2D eigenvalue weighted by atomic mass is 35.5. The number of fused-ring (bicyclic) bond motifs is 1. The first-order valence-electron chi connectivity index (χ1n) is 8.59. The molecule has 0 saturated carbocycles. The standard InChI is InChI=1S/C18H17Cl2N5O2S/c1-22-16(26)15-13(21)12-14(8-2-3-10(19)11(20)6-8)24-18(25-17(12)28-15)23-9-4-5-27-7-9/h2-3,6,9H,4-5,7,21H2,1H3,(H,22,26)(H,23,24,25)/t9-/m0/s1. The summed E-state index contributed by atoms with van der Waals surface area (Å²) in [4.78, 5) is 22.5. The zero-order chi connectivity index (χ0) is 19.8. The number of aromatic nitrogens is 2. The molecule has 1 fully saturated rings. The lowest BCUT2D eigenvalue weighted by atomic mass is 10.1. The molecule has 4 rings (SSSR count). The predicted octanol–water partition coefficient (Wildman–Crippen LogP) is 3.81. The Kier molecular flexibility index (Phi) is 5.29. The lowest BCUT2D eigenvalue weighted by Crippen LogP contribution is -2.20. The molecule has 3 aromatic rings. The van der Waals surface area contributed by atoms with Crippen LogP contribution in [-0.2, 0) is 4.74 Å². The summed E-state index contributed by atoms with van der Waals surface area (Å²) in [5.74, 6) is 0.188. The second-order valence-electron chi connectivity index (χ2n) is 6.33. The van der Waals surface area contributed by atoms with Crippen molar-refractivity contribution in [3.8, 4) is 11.3 Å². The molecule has 7 nitrogen and oxygen atoms in total. The van der Waals surface area contributed by atoms with E-state index in [2.05, 4.69) is 20.6 Å². The maximum Gasteiger partial charge on any atom is 0.263 e. The Morgan fingerprint density at radius 3 is 2.82 bits per heavy atom. The molecule has 146 valence electrons. The zero-order valence-electron chi connectivity index (χ0n) is 14.9. The van der Waals surface area contributed by atoms with Crippen LogP contribution >= 0.6 is 34.5 Å². The molecule has 4 N–H and O–H groups in total. The van der Waals surface area contributed by atoms with E-state index in [0.29, 0.717) is 55.7 Å². The van der Waals surface area contributed by atoms with Crippen LogP contribution in [0.3, 0.4) is 0 Å². The first-order chi connectivity index (χ1) is 13.5. The van der Waals surface area contributed by atoms with E-state index in [1.807, 2.05) is 6.07 Å². The van der Waals surface area contributed by atoms with E-state index >= 15 is 0 Å². The molecule has 28 heavy (non-hydrogen) atoms. The third kappa shape index (κ3) is 3.48. The van der Waals surface area contributed by atoms with Crippen LogP contribution in [0.2, 0.25) is 10.0 Å². The fourth-order valence-electron chi connectivity index (χ4n) is 3.05. The molecule has 1 aliphatic rings. The van der Waals surface area contributed by atoms with Gasteiger partial charge in [-0.1, -0.05) is 29.3 Å². The zero-order valence-corrected chi connectivity index (χ0v) is 17.2. The van der Waals surface area contributed by atoms with Crippen molar-refractivity contribution >= 4 is 62.3 Å². The number of nitrogens with two attached hydrogens (primary N) is 1. The number of nitrogen functional groups attached to an aromatic ring is 1. The van der Waals surface area contributed by atoms with Gasteiger partial charge < -0.3 is 21.1 Å². The number of carbonyl (C=O) groups excluding carboxylic acids is 1. The van der Waals surface area contributed by atoms with Crippen molar-refractivity contribution in [1.29, 1.82) is 0 Å². The number of nitrogens with one attached hydrogen (secondary N) is 2. The predicted molar refractivity (Wildman–Crippen MR) is 114 cm³/mol. The van der Waals surface area contributed by atoms with Crippen LogP contribution in [0.25, 0.3) is 21.5 Å². The Bertz CT molecular complexity index is 1070. The summed E-state index contributed by atoms with van der Waals surface area (Å²) in [6, 6.07) is 5.38. The molecule has 0 unspecified atom stereocenters.